The van der Waals surface area contributed by atoms with Crippen LogP contribution in [0.3, 0.4) is 0 Å². The lowest BCUT2D eigenvalue weighted by Gasteiger charge is -2.12. The Morgan fingerprint density at radius 3 is 2.43 bits per heavy atom. The van der Waals surface area contributed by atoms with E-state index >= 15 is 0 Å². The number of anilines is 1. The molecule has 0 aliphatic heterocycles. The number of nitrogens with two attached hydrogens (primary N) is 1. The van der Waals surface area contributed by atoms with Crippen LogP contribution in [0.2, 0.25) is 0 Å². The maximum Gasteiger partial charge on any atom is 0.338 e. The minimum atomic E-state index is -0.633. The van der Waals surface area contributed by atoms with Crippen molar-refractivity contribution in [3.05, 3.63) is 69.8 Å². The fraction of sp³-hybridized carbons (Fsp3) is 0.360. The summed E-state index contributed by atoms with van der Waals surface area (Å²) in [6.07, 6.45) is 7.83. The highest BCUT2D eigenvalue weighted by molar-refractivity contribution is 5.91. The number of allylic oxidation sites excluding steroid dienone is 2. The SMILES string of the molecule is CO.COc1cc(C/C=C/C=O)ccc1OCCCCCCOC(=O)c1cc(N)cc([N+](=O)[O-])c1. The van der Waals surface area contributed by atoms with Crippen molar-refractivity contribution < 1.29 is 33.8 Å². The number of non-ortho nitro benzene ring substituents is 1. The van der Waals surface area contributed by atoms with E-state index in [1.54, 1.807) is 13.2 Å². The number of nitrogens with zero attached hydrogens (tertiary/aromatic N) is 1. The summed E-state index contributed by atoms with van der Waals surface area (Å²) in [4.78, 5) is 32.7. The molecule has 0 saturated carbocycles. The third kappa shape index (κ3) is 10.7. The first-order valence-corrected chi connectivity index (χ1v) is 11.0. The number of aldehydes is 1. The van der Waals surface area contributed by atoms with Crippen LogP contribution in [0.25, 0.3) is 0 Å². The van der Waals surface area contributed by atoms with E-state index in [1.165, 1.54) is 18.2 Å². The van der Waals surface area contributed by atoms with E-state index in [0.717, 1.165) is 44.3 Å². The molecule has 2 aromatic carbocycles. The number of nitro benzene ring substituents is 1. The molecule has 10 heteroatoms. The van der Waals surface area contributed by atoms with Gasteiger partial charge in [0.25, 0.3) is 5.69 Å². The number of methoxy groups -OCH3 is 1. The minimum absolute atomic E-state index is 0.0647. The van der Waals surface area contributed by atoms with Crippen molar-refractivity contribution in [3.8, 4) is 11.5 Å². The lowest BCUT2D eigenvalue weighted by atomic mass is 10.1. The van der Waals surface area contributed by atoms with Gasteiger partial charge in [-0.3, -0.25) is 14.9 Å². The van der Waals surface area contributed by atoms with E-state index in [2.05, 4.69) is 0 Å². The van der Waals surface area contributed by atoms with Crippen molar-refractivity contribution in [2.75, 3.05) is 33.2 Å². The maximum absolute atomic E-state index is 12.1. The van der Waals surface area contributed by atoms with Crippen LogP contribution in [0.1, 0.15) is 41.6 Å². The van der Waals surface area contributed by atoms with Gasteiger partial charge in [-0.15, -0.1) is 0 Å². The highest BCUT2D eigenvalue weighted by atomic mass is 16.6. The molecule has 0 fully saturated rings. The van der Waals surface area contributed by atoms with Crippen molar-refractivity contribution in [2.45, 2.75) is 32.1 Å². The second-order valence-corrected chi connectivity index (χ2v) is 7.22. The summed E-state index contributed by atoms with van der Waals surface area (Å²) in [6, 6.07) is 9.36. The number of rotatable bonds is 14. The fourth-order valence-corrected chi connectivity index (χ4v) is 3.06. The molecular formula is C25H32N2O8. The average molecular weight is 489 g/mol. The van der Waals surface area contributed by atoms with Gasteiger partial charge in [-0.05, 0) is 61.9 Å². The molecule has 0 aliphatic rings. The Balaban J connectivity index is 0.00000298. The first-order valence-electron chi connectivity index (χ1n) is 11.0. The standard InChI is InChI=1S/C24H28N2O7.CH4O/c1-31-23-14-18(8-4-5-11-27)9-10-22(23)32-12-6-2-3-7-13-33-24(28)19-15-20(25)17-21(16-19)26(29)30;1-2/h4-5,9-11,14-17H,2-3,6-8,12-13,25H2,1H3;2H,1H3/b5-4+;. The van der Waals surface area contributed by atoms with Crippen LogP contribution in [0, 0.1) is 10.1 Å². The summed E-state index contributed by atoms with van der Waals surface area (Å²) in [5.41, 5.74) is 6.57. The van der Waals surface area contributed by atoms with E-state index < -0.39 is 10.9 Å². The van der Waals surface area contributed by atoms with Gasteiger partial charge < -0.3 is 25.1 Å². The quantitative estimate of drug-likeness (QED) is 0.0767. The van der Waals surface area contributed by atoms with Gasteiger partial charge in [0.1, 0.15) is 6.29 Å². The highest BCUT2D eigenvalue weighted by Gasteiger charge is 2.14. The smallest absolute Gasteiger partial charge is 0.338 e. The Morgan fingerprint density at radius 1 is 1.06 bits per heavy atom. The first-order chi connectivity index (χ1) is 16.9. The lowest BCUT2D eigenvalue weighted by Crippen LogP contribution is -2.08. The maximum atomic E-state index is 12.1. The van der Waals surface area contributed by atoms with Crippen molar-refractivity contribution in [3.63, 3.8) is 0 Å². The topological polar surface area (TPSA) is 151 Å². The average Bonchev–Trinajstić information content (AvgIpc) is 2.86. The number of aliphatic hydroxyl groups is 1. The van der Waals surface area contributed by atoms with Crippen LogP contribution in [0.15, 0.2) is 48.6 Å². The zero-order valence-corrected chi connectivity index (χ0v) is 20.0. The largest absolute Gasteiger partial charge is 0.493 e. The molecule has 3 N–H and O–H groups in total. The predicted molar refractivity (Wildman–Crippen MR) is 132 cm³/mol. The van der Waals surface area contributed by atoms with E-state index in [0.29, 0.717) is 30.9 Å². The molecule has 0 aromatic heterocycles. The molecule has 0 unspecified atom stereocenters. The van der Waals surface area contributed by atoms with Crippen molar-refractivity contribution in [1.29, 1.82) is 0 Å². The van der Waals surface area contributed by atoms with E-state index in [1.807, 2.05) is 18.2 Å². The molecule has 0 spiro atoms. The number of hydrogen-bond acceptors (Lipinski definition) is 9. The normalized spacial score (nSPS) is 10.3. The van der Waals surface area contributed by atoms with Crippen LogP contribution in [-0.2, 0) is 16.0 Å². The third-order valence-electron chi connectivity index (χ3n) is 4.71. The summed E-state index contributed by atoms with van der Waals surface area (Å²) in [5.74, 6) is 0.664. The molecule has 2 aromatic rings. The van der Waals surface area contributed by atoms with Gasteiger partial charge in [0, 0.05) is 24.9 Å². The van der Waals surface area contributed by atoms with Gasteiger partial charge in [0.2, 0.25) is 0 Å². The van der Waals surface area contributed by atoms with Crippen LogP contribution < -0.4 is 15.2 Å². The fourth-order valence-electron chi connectivity index (χ4n) is 3.06. The predicted octanol–water partition coefficient (Wildman–Crippen LogP) is 3.89. The number of benzene rings is 2. The number of nitro groups is 1. The van der Waals surface area contributed by atoms with Gasteiger partial charge in [-0.2, -0.15) is 0 Å². The van der Waals surface area contributed by atoms with Crippen LogP contribution in [0.4, 0.5) is 11.4 Å². The number of aliphatic hydroxyl groups excluding tert-OH is 1. The first kappa shape index (κ1) is 29.1. The molecule has 10 nitrogen and oxygen atoms in total. The number of carbonyl (C=O) groups is 2. The van der Waals surface area contributed by atoms with E-state index in [-0.39, 0.29) is 23.5 Å². The van der Waals surface area contributed by atoms with Gasteiger partial charge in [0.15, 0.2) is 11.5 Å². The molecule has 0 bridgehead atoms. The third-order valence-corrected chi connectivity index (χ3v) is 4.71. The van der Waals surface area contributed by atoms with Gasteiger partial charge in [-0.1, -0.05) is 12.1 Å². The highest BCUT2D eigenvalue weighted by Crippen LogP contribution is 2.28. The van der Waals surface area contributed by atoms with Crippen LogP contribution in [0.5, 0.6) is 11.5 Å². The lowest BCUT2D eigenvalue weighted by molar-refractivity contribution is -0.384. The Hall–Kier alpha value is -3.92. The van der Waals surface area contributed by atoms with Gasteiger partial charge in [0.05, 0.1) is 30.8 Å². The zero-order valence-electron chi connectivity index (χ0n) is 20.0. The molecular weight excluding hydrogens is 456 g/mol. The number of esters is 1. The van der Waals surface area contributed by atoms with Crippen LogP contribution in [-0.4, -0.2) is 49.7 Å². The second kappa shape index (κ2) is 16.7. The van der Waals surface area contributed by atoms with Crippen LogP contribution >= 0.6 is 0 Å². The Labute approximate surface area is 204 Å². The molecule has 190 valence electrons. The molecule has 0 atom stereocenters. The molecule has 0 aliphatic carbocycles. The monoisotopic (exact) mass is 488 g/mol. The summed E-state index contributed by atoms with van der Waals surface area (Å²) in [5, 5.41) is 17.9. The molecule has 0 amide bonds. The number of carbonyl (C=O) groups excluding carboxylic acids is 2. The minimum Gasteiger partial charge on any atom is -0.493 e. The number of ether oxygens (including phenoxy) is 3. The summed E-state index contributed by atoms with van der Waals surface area (Å²) in [7, 11) is 2.58. The molecule has 0 heterocycles. The van der Waals surface area contributed by atoms with Crippen molar-refractivity contribution in [2.24, 2.45) is 0 Å². The van der Waals surface area contributed by atoms with E-state index in [9.17, 15) is 19.7 Å². The van der Waals surface area contributed by atoms with Gasteiger partial charge >= 0.3 is 5.97 Å². The Kier molecular flexibility index (Phi) is 13.9. The number of unbranched alkanes of at least 4 members (excludes halogenated alkanes) is 3. The summed E-state index contributed by atoms with van der Waals surface area (Å²) in [6.45, 7) is 0.740. The summed E-state index contributed by atoms with van der Waals surface area (Å²) < 4.78 is 16.4. The Bertz CT molecular complexity index is 991. The zero-order chi connectivity index (χ0) is 26.1. The number of hydrogen-bond donors (Lipinski definition) is 2. The molecule has 0 saturated heterocycles. The van der Waals surface area contributed by atoms with Crippen molar-refractivity contribution in [1.82, 2.24) is 0 Å². The number of nitrogen functional groups attached to an aromatic ring is 1. The summed E-state index contributed by atoms with van der Waals surface area (Å²) >= 11 is 0. The van der Waals surface area contributed by atoms with E-state index in [4.69, 9.17) is 25.1 Å². The second-order valence-electron chi connectivity index (χ2n) is 7.22. The molecule has 2 rings (SSSR count). The van der Waals surface area contributed by atoms with Crippen molar-refractivity contribution >= 4 is 23.6 Å². The van der Waals surface area contributed by atoms with Gasteiger partial charge in [-0.25, -0.2) is 4.79 Å². The molecule has 35 heavy (non-hydrogen) atoms. The molecule has 0 radical (unpaired) electrons. The Morgan fingerprint density at radius 2 is 1.77 bits per heavy atom.